The summed E-state index contributed by atoms with van der Waals surface area (Å²) in [5, 5.41) is 0. The molecule has 0 atom stereocenters. The molecule has 98 valence electrons. The van der Waals surface area contributed by atoms with Crippen LogP contribution in [0.4, 0.5) is 17.8 Å². The van der Waals surface area contributed by atoms with E-state index >= 15 is 0 Å². The number of nitrogen functional groups attached to an aromatic ring is 1. The van der Waals surface area contributed by atoms with Crippen LogP contribution in [0, 0.1) is 0 Å². The van der Waals surface area contributed by atoms with Crippen molar-refractivity contribution in [3.05, 3.63) is 0 Å². The molecule has 0 spiro atoms. The average molecular weight is 250 g/mol. The molecule has 2 heterocycles. The smallest absolute Gasteiger partial charge is 0.232 e. The predicted octanol–water partition coefficient (Wildman–Crippen LogP) is -0.111. The van der Waals surface area contributed by atoms with E-state index in [1.54, 1.807) is 0 Å². The van der Waals surface area contributed by atoms with Crippen LogP contribution in [-0.2, 0) is 4.74 Å². The van der Waals surface area contributed by atoms with Crippen LogP contribution in [0.3, 0.4) is 0 Å². The van der Waals surface area contributed by atoms with Gasteiger partial charge in [0.1, 0.15) is 0 Å². The maximum Gasteiger partial charge on any atom is 0.232 e. The largest absolute Gasteiger partial charge is 0.378 e. The molecule has 0 radical (unpaired) electrons. The molecule has 0 aromatic carbocycles. The zero-order valence-electron chi connectivity index (χ0n) is 10.5. The second-order valence-corrected chi connectivity index (χ2v) is 4.74. The second-order valence-electron chi connectivity index (χ2n) is 4.74. The lowest BCUT2D eigenvalue weighted by molar-refractivity contribution is 0.122. The molecular formula is C11H18N6O. The van der Waals surface area contributed by atoms with Crippen LogP contribution in [0.2, 0.25) is 0 Å². The lowest BCUT2D eigenvalue weighted by atomic mass is 10.4. The monoisotopic (exact) mass is 250 g/mol. The zero-order chi connectivity index (χ0) is 12.5. The van der Waals surface area contributed by atoms with Gasteiger partial charge in [0.05, 0.1) is 13.2 Å². The van der Waals surface area contributed by atoms with Gasteiger partial charge in [-0.05, 0) is 12.8 Å². The first-order chi connectivity index (χ1) is 8.74. The van der Waals surface area contributed by atoms with Crippen LogP contribution in [0.15, 0.2) is 0 Å². The summed E-state index contributed by atoms with van der Waals surface area (Å²) in [4.78, 5) is 17.1. The van der Waals surface area contributed by atoms with Gasteiger partial charge in [-0.2, -0.15) is 15.0 Å². The normalized spacial score (nSPS) is 19.9. The third-order valence-electron chi connectivity index (χ3n) is 3.33. The third-order valence-corrected chi connectivity index (χ3v) is 3.33. The Kier molecular flexibility index (Phi) is 2.91. The lowest BCUT2D eigenvalue weighted by Gasteiger charge is -2.27. The summed E-state index contributed by atoms with van der Waals surface area (Å²) in [6, 6.07) is 0.560. The van der Waals surface area contributed by atoms with Crippen molar-refractivity contribution in [2.24, 2.45) is 0 Å². The Morgan fingerprint density at radius 3 is 2.61 bits per heavy atom. The molecule has 0 unspecified atom stereocenters. The maximum absolute atomic E-state index is 5.78. The van der Waals surface area contributed by atoms with Gasteiger partial charge in [-0.25, -0.2) is 0 Å². The van der Waals surface area contributed by atoms with Gasteiger partial charge >= 0.3 is 0 Å². The summed E-state index contributed by atoms with van der Waals surface area (Å²) in [5.74, 6) is 1.62. The number of aromatic nitrogens is 3. The molecule has 7 nitrogen and oxygen atoms in total. The molecular weight excluding hydrogens is 232 g/mol. The molecule has 1 aromatic heterocycles. The minimum atomic E-state index is 0.286. The van der Waals surface area contributed by atoms with Gasteiger partial charge in [-0.1, -0.05) is 0 Å². The Balaban J connectivity index is 1.84. The van der Waals surface area contributed by atoms with Gasteiger partial charge in [0.2, 0.25) is 17.8 Å². The third kappa shape index (κ3) is 2.31. The zero-order valence-corrected chi connectivity index (χ0v) is 10.5. The van der Waals surface area contributed by atoms with E-state index in [0.717, 1.165) is 13.1 Å². The molecule has 7 heteroatoms. The number of nitrogens with zero attached hydrogens (tertiary/aromatic N) is 5. The number of anilines is 3. The predicted molar refractivity (Wildman–Crippen MR) is 68.7 cm³/mol. The van der Waals surface area contributed by atoms with Gasteiger partial charge in [-0.3, -0.25) is 0 Å². The van der Waals surface area contributed by atoms with E-state index in [2.05, 4.69) is 24.8 Å². The van der Waals surface area contributed by atoms with Crippen molar-refractivity contribution < 1.29 is 4.74 Å². The van der Waals surface area contributed by atoms with Crippen molar-refractivity contribution in [2.45, 2.75) is 18.9 Å². The number of nitrogens with two attached hydrogens (primary N) is 1. The summed E-state index contributed by atoms with van der Waals surface area (Å²) in [6.45, 7) is 3.02. The molecule has 0 amide bonds. The lowest BCUT2D eigenvalue weighted by Crippen LogP contribution is -2.38. The van der Waals surface area contributed by atoms with Crippen LogP contribution in [0.5, 0.6) is 0 Å². The van der Waals surface area contributed by atoms with E-state index in [-0.39, 0.29) is 5.95 Å². The van der Waals surface area contributed by atoms with E-state index in [4.69, 9.17) is 10.5 Å². The highest BCUT2D eigenvalue weighted by Crippen LogP contribution is 2.29. The molecule has 3 rings (SSSR count). The Bertz CT molecular complexity index is 430. The molecule has 1 aliphatic carbocycles. The van der Waals surface area contributed by atoms with Gasteiger partial charge < -0.3 is 20.3 Å². The summed E-state index contributed by atoms with van der Waals surface area (Å²) in [5.41, 5.74) is 5.78. The van der Waals surface area contributed by atoms with Crippen LogP contribution < -0.4 is 15.5 Å². The molecule has 1 aromatic rings. The highest BCUT2D eigenvalue weighted by molar-refractivity contribution is 5.44. The first-order valence-corrected chi connectivity index (χ1v) is 6.31. The number of morpholine rings is 1. The van der Waals surface area contributed by atoms with Crippen molar-refractivity contribution in [3.63, 3.8) is 0 Å². The Hall–Kier alpha value is -1.63. The highest BCUT2D eigenvalue weighted by Gasteiger charge is 2.29. The first-order valence-electron chi connectivity index (χ1n) is 6.31. The standard InChI is InChI=1S/C11H18N6O/c1-16(8-2-3-8)10-13-9(12)14-11(15-10)17-4-6-18-7-5-17/h8H,2-7H2,1H3,(H2,12,13,14,15). The average Bonchev–Trinajstić information content (AvgIpc) is 3.22. The molecule has 1 saturated heterocycles. The van der Waals surface area contributed by atoms with E-state index in [1.165, 1.54) is 12.8 Å². The summed E-state index contributed by atoms with van der Waals surface area (Å²) in [6.07, 6.45) is 2.41. The fraction of sp³-hybridized carbons (Fsp3) is 0.727. The molecule has 2 N–H and O–H groups in total. The Morgan fingerprint density at radius 1 is 1.22 bits per heavy atom. The number of hydrogen-bond acceptors (Lipinski definition) is 7. The number of ether oxygens (including phenoxy) is 1. The molecule has 18 heavy (non-hydrogen) atoms. The van der Waals surface area contributed by atoms with Crippen molar-refractivity contribution in [3.8, 4) is 0 Å². The SMILES string of the molecule is CN(c1nc(N)nc(N2CCOCC2)n1)C1CC1. The minimum absolute atomic E-state index is 0.286. The van der Waals surface area contributed by atoms with E-state index in [1.807, 2.05) is 7.05 Å². The number of hydrogen-bond donors (Lipinski definition) is 1. The topological polar surface area (TPSA) is 80.4 Å². The van der Waals surface area contributed by atoms with Crippen molar-refractivity contribution in [1.82, 2.24) is 15.0 Å². The second kappa shape index (κ2) is 4.56. The van der Waals surface area contributed by atoms with Gasteiger partial charge in [-0.15, -0.1) is 0 Å². The highest BCUT2D eigenvalue weighted by atomic mass is 16.5. The van der Waals surface area contributed by atoms with Gasteiger partial charge in [0, 0.05) is 26.2 Å². The minimum Gasteiger partial charge on any atom is -0.378 e. The van der Waals surface area contributed by atoms with Crippen molar-refractivity contribution in [1.29, 1.82) is 0 Å². The molecule has 2 aliphatic rings. The fourth-order valence-electron chi connectivity index (χ4n) is 2.06. The number of rotatable bonds is 3. The fourth-order valence-corrected chi connectivity index (χ4v) is 2.06. The summed E-state index contributed by atoms with van der Waals surface area (Å²) < 4.78 is 5.32. The first kappa shape index (κ1) is 11.5. The Labute approximate surface area is 106 Å². The quantitative estimate of drug-likeness (QED) is 0.801. The van der Waals surface area contributed by atoms with Crippen molar-refractivity contribution >= 4 is 17.8 Å². The summed E-state index contributed by atoms with van der Waals surface area (Å²) >= 11 is 0. The van der Waals surface area contributed by atoms with Crippen LogP contribution in [-0.4, -0.2) is 54.3 Å². The summed E-state index contributed by atoms with van der Waals surface area (Å²) in [7, 11) is 2.01. The molecule has 2 fully saturated rings. The molecule has 1 aliphatic heterocycles. The van der Waals surface area contributed by atoms with Crippen molar-refractivity contribution in [2.75, 3.05) is 48.9 Å². The van der Waals surface area contributed by atoms with E-state index in [0.29, 0.717) is 31.2 Å². The van der Waals surface area contributed by atoms with Crippen LogP contribution in [0.25, 0.3) is 0 Å². The maximum atomic E-state index is 5.78. The van der Waals surface area contributed by atoms with E-state index < -0.39 is 0 Å². The van der Waals surface area contributed by atoms with E-state index in [9.17, 15) is 0 Å². The molecule has 0 bridgehead atoms. The Morgan fingerprint density at radius 2 is 1.94 bits per heavy atom. The van der Waals surface area contributed by atoms with Crippen LogP contribution in [0.1, 0.15) is 12.8 Å². The molecule has 1 saturated carbocycles. The van der Waals surface area contributed by atoms with Gasteiger partial charge in [0.15, 0.2) is 0 Å². The van der Waals surface area contributed by atoms with Gasteiger partial charge in [0.25, 0.3) is 0 Å². The van der Waals surface area contributed by atoms with Crippen LogP contribution >= 0.6 is 0 Å².